The minimum atomic E-state index is -4.00. The van der Waals surface area contributed by atoms with E-state index in [1.54, 1.807) is 31.3 Å². The van der Waals surface area contributed by atoms with Gasteiger partial charge in [0.15, 0.2) is 0 Å². The Hall–Kier alpha value is -3.43. The second kappa shape index (κ2) is 9.37. The van der Waals surface area contributed by atoms with Crippen molar-refractivity contribution in [2.45, 2.75) is 11.8 Å². The Labute approximate surface area is 190 Å². The van der Waals surface area contributed by atoms with Gasteiger partial charge in [0.1, 0.15) is 24.5 Å². The van der Waals surface area contributed by atoms with E-state index in [0.29, 0.717) is 27.4 Å². The van der Waals surface area contributed by atoms with Crippen molar-refractivity contribution in [1.29, 1.82) is 0 Å². The molecule has 0 atom stereocenters. The molecule has 4 rings (SSSR count). The summed E-state index contributed by atoms with van der Waals surface area (Å²) in [7, 11) is -4.00. The van der Waals surface area contributed by atoms with Gasteiger partial charge in [-0.3, -0.25) is 9.71 Å². The van der Waals surface area contributed by atoms with Gasteiger partial charge in [-0.2, -0.15) is 0 Å². The zero-order chi connectivity index (χ0) is 22.6. The van der Waals surface area contributed by atoms with Gasteiger partial charge in [-0.25, -0.2) is 18.4 Å². The molecule has 0 aliphatic heterocycles. The summed E-state index contributed by atoms with van der Waals surface area (Å²) in [6, 6.07) is 15.6. The fraction of sp³-hybridized carbons (Fsp3) is 0.136. The lowest BCUT2D eigenvalue weighted by Gasteiger charge is -2.14. The Morgan fingerprint density at radius 1 is 0.938 bits per heavy atom. The Morgan fingerprint density at radius 2 is 1.72 bits per heavy atom. The summed E-state index contributed by atoms with van der Waals surface area (Å²) >= 11 is 6.10. The quantitative estimate of drug-likeness (QED) is 0.384. The number of nitrogens with one attached hydrogen (secondary N) is 1. The van der Waals surface area contributed by atoms with Gasteiger partial charge in [0, 0.05) is 11.2 Å². The van der Waals surface area contributed by atoms with Crippen LogP contribution in [0.2, 0.25) is 5.02 Å². The number of rotatable bonds is 8. The maximum atomic E-state index is 13.0. The molecule has 4 aromatic rings. The molecule has 8 nitrogen and oxygen atoms in total. The number of ether oxygens (including phenoxy) is 2. The third kappa shape index (κ3) is 4.90. The Morgan fingerprint density at radius 3 is 2.53 bits per heavy atom. The van der Waals surface area contributed by atoms with Gasteiger partial charge >= 0.3 is 0 Å². The molecule has 0 saturated carbocycles. The maximum absolute atomic E-state index is 13.0. The highest BCUT2D eigenvalue weighted by atomic mass is 35.5. The molecule has 164 valence electrons. The van der Waals surface area contributed by atoms with E-state index in [0.717, 1.165) is 0 Å². The number of halogens is 1. The van der Waals surface area contributed by atoms with Crippen molar-refractivity contribution in [2.75, 3.05) is 17.9 Å². The molecule has 0 aliphatic carbocycles. The van der Waals surface area contributed by atoms with Gasteiger partial charge in [-0.05, 0) is 42.8 Å². The van der Waals surface area contributed by atoms with Gasteiger partial charge < -0.3 is 9.47 Å². The highest BCUT2D eigenvalue weighted by Gasteiger charge is 2.22. The van der Waals surface area contributed by atoms with E-state index in [1.807, 2.05) is 30.3 Å². The number of fused-ring (bicyclic) bond motifs is 1. The standard InChI is InChI=1S/C22H19ClN4O4S/c1-15-17(23)8-5-9-20(15)32(28,29)27-21-22(26-18-10-11-24-14-19(18)25-21)31-13-12-30-16-6-3-2-4-7-16/h2-11,14H,12-13H2,1H3,(H,25,27). The number of pyridine rings is 1. The topological polar surface area (TPSA) is 103 Å². The summed E-state index contributed by atoms with van der Waals surface area (Å²) in [5.74, 6) is 0.678. The number of hydrogen-bond acceptors (Lipinski definition) is 7. The minimum absolute atomic E-state index is 0.0311. The van der Waals surface area contributed by atoms with Crippen LogP contribution in [-0.2, 0) is 10.0 Å². The first kappa shape index (κ1) is 21.8. The monoisotopic (exact) mass is 470 g/mol. The van der Waals surface area contributed by atoms with E-state index in [-0.39, 0.29) is 29.8 Å². The van der Waals surface area contributed by atoms with Crippen LogP contribution in [0.4, 0.5) is 5.82 Å². The van der Waals surface area contributed by atoms with Gasteiger partial charge in [-0.15, -0.1) is 0 Å². The van der Waals surface area contributed by atoms with Crippen LogP contribution in [0.3, 0.4) is 0 Å². The van der Waals surface area contributed by atoms with Crippen molar-refractivity contribution in [1.82, 2.24) is 15.0 Å². The third-order valence-corrected chi connectivity index (χ3v) is 6.40. The van der Waals surface area contributed by atoms with E-state index < -0.39 is 10.0 Å². The van der Waals surface area contributed by atoms with Crippen molar-refractivity contribution in [3.63, 3.8) is 0 Å². The molecule has 0 spiro atoms. The molecule has 0 fully saturated rings. The van der Waals surface area contributed by atoms with Crippen molar-refractivity contribution in [3.05, 3.63) is 77.6 Å². The van der Waals surface area contributed by atoms with Gasteiger partial charge in [0.2, 0.25) is 5.82 Å². The lowest BCUT2D eigenvalue weighted by atomic mass is 10.2. The number of nitrogens with zero attached hydrogens (tertiary/aromatic N) is 3. The summed E-state index contributed by atoms with van der Waals surface area (Å²) in [4.78, 5) is 12.8. The molecule has 0 unspecified atom stereocenters. The summed E-state index contributed by atoms with van der Waals surface area (Å²) in [5, 5.41) is 0.344. The molecule has 0 aliphatic rings. The minimum Gasteiger partial charge on any atom is -0.490 e. The highest BCUT2D eigenvalue weighted by molar-refractivity contribution is 7.92. The van der Waals surface area contributed by atoms with E-state index in [2.05, 4.69) is 19.7 Å². The van der Waals surface area contributed by atoms with E-state index >= 15 is 0 Å². The summed E-state index contributed by atoms with van der Waals surface area (Å²) in [6.45, 7) is 2.00. The Balaban J connectivity index is 1.60. The third-order valence-electron chi connectivity index (χ3n) is 4.51. The molecule has 10 heteroatoms. The number of para-hydroxylation sites is 1. The van der Waals surface area contributed by atoms with Gasteiger partial charge in [0.05, 0.1) is 16.6 Å². The fourth-order valence-electron chi connectivity index (χ4n) is 2.93. The molecule has 0 saturated heterocycles. The molecular weight excluding hydrogens is 452 g/mol. The lowest BCUT2D eigenvalue weighted by molar-refractivity contribution is 0.213. The lowest BCUT2D eigenvalue weighted by Crippen LogP contribution is -2.18. The van der Waals surface area contributed by atoms with Crippen LogP contribution in [0, 0.1) is 6.92 Å². The fourth-order valence-corrected chi connectivity index (χ4v) is 4.43. The molecule has 0 bridgehead atoms. The zero-order valence-corrected chi connectivity index (χ0v) is 18.6. The first-order valence-electron chi connectivity index (χ1n) is 9.64. The van der Waals surface area contributed by atoms with Crippen molar-refractivity contribution < 1.29 is 17.9 Å². The predicted molar refractivity (Wildman–Crippen MR) is 122 cm³/mol. The van der Waals surface area contributed by atoms with Crippen LogP contribution >= 0.6 is 11.6 Å². The van der Waals surface area contributed by atoms with E-state index in [4.69, 9.17) is 21.1 Å². The Bertz CT molecular complexity index is 1350. The number of hydrogen-bond donors (Lipinski definition) is 1. The Kier molecular flexibility index (Phi) is 6.38. The van der Waals surface area contributed by atoms with Crippen LogP contribution in [-0.4, -0.2) is 36.6 Å². The van der Waals surface area contributed by atoms with Crippen LogP contribution in [0.25, 0.3) is 11.0 Å². The molecule has 0 amide bonds. The molecule has 2 aromatic heterocycles. The highest BCUT2D eigenvalue weighted by Crippen LogP contribution is 2.28. The summed E-state index contributed by atoms with van der Waals surface area (Å²) < 4.78 is 39.9. The summed E-state index contributed by atoms with van der Waals surface area (Å²) in [6.07, 6.45) is 3.06. The number of benzene rings is 2. The smallest absolute Gasteiger partial charge is 0.263 e. The molecule has 2 heterocycles. The summed E-state index contributed by atoms with van der Waals surface area (Å²) in [5.41, 5.74) is 1.36. The van der Waals surface area contributed by atoms with E-state index in [9.17, 15) is 8.42 Å². The number of sulfonamides is 1. The van der Waals surface area contributed by atoms with Crippen molar-refractivity contribution >= 4 is 38.5 Å². The molecule has 2 aromatic carbocycles. The van der Waals surface area contributed by atoms with Crippen LogP contribution in [0.1, 0.15) is 5.56 Å². The molecule has 0 radical (unpaired) electrons. The average Bonchev–Trinajstić information content (AvgIpc) is 2.79. The van der Waals surface area contributed by atoms with Crippen molar-refractivity contribution in [2.24, 2.45) is 0 Å². The molecule has 32 heavy (non-hydrogen) atoms. The number of aromatic nitrogens is 3. The van der Waals surface area contributed by atoms with E-state index in [1.165, 1.54) is 12.3 Å². The second-order valence-electron chi connectivity index (χ2n) is 6.72. The molecule has 1 N–H and O–H groups in total. The van der Waals surface area contributed by atoms with Crippen molar-refractivity contribution in [3.8, 4) is 11.6 Å². The predicted octanol–water partition coefficient (Wildman–Crippen LogP) is 4.25. The zero-order valence-electron chi connectivity index (χ0n) is 17.0. The van der Waals surface area contributed by atoms with Crippen LogP contribution in [0.5, 0.6) is 11.6 Å². The van der Waals surface area contributed by atoms with Crippen LogP contribution in [0.15, 0.2) is 71.9 Å². The second-order valence-corrected chi connectivity index (χ2v) is 8.78. The van der Waals surface area contributed by atoms with Gasteiger partial charge in [-0.1, -0.05) is 35.9 Å². The number of anilines is 1. The molecular formula is C22H19ClN4O4S. The normalized spacial score (nSPS) is 11.3. The average molecular weight is 471 g/mol. The first-order valence-corrected chi connectivity index (χ1v) is 11.5. The SMILES string of the molecule is Cc1c(Cl)cccc1S(=O)(=O)Nc1nc2cnccc2nc1OCCOc1ccccc1. The van der Waals surface area contributed by atoms with Gasteiger partial charge in [0.25, 0.3) is 15.9 Å². The largest absolute Gasteiger partial charge is 0.490 e. The maximum Gasteiger partial charge on any atom is 0.263 e. The first-order chi connectivity index (χ1) is 15.4. The van der Waals surface area contributed by atoms with Crippen LogP contribution < -0.4 is 14.2 Å².